The number of hydrogen-bond donors (Lipinski definition) is 3. The van der Waals surface area contributed by atoms with Crippen molar-refractivity contribution in [1.82, 2.24) is 0 Å². The fourth-order valence-corrected chi connectivity index (χ4v) is 2.48. The molecule has 1 fully saturated rings. The van der Waals surface area contributed by atoms with Crippen LogP contribution in [0, 0.1) is 6.92 Å². The molecule has 2 rings (SSSR count). The number of carbonyl (C=O) groups is 1. The van der Waals surface area contributed by atoms with E-state index in [-0.39, 0.29) is 5.91 Å². The SMILES string of the molecule is Cc1ccc(C(N)=O)c(NC2CCC(N)CC2)c1. The van der Waals surface area contributed by atoms with Crippen LogP contribution in [-0.4, -0.2) is 18.0 Å². The number of aryl methyl sites for hydroxylation is 1. The predicted octanol–water partition coefficient (Wildman–Crippen LogP) is 1.78. The van der Waals surface area contributed by atoms with Crippen LogP contribution in [0.5, 0.6) is 0 Å². The molecular formula is C14H21N3O. The smallest absolute Gasteiger partial charge is 0.250 e. The van der Waals surface area contributed by atoms with Gasteiger partial charge in [-0.3, -0.25) is 4.79 Å². The summed E-state index contributed by atoms with van der Waals surface area (Å²) in [5, 5.41) is 3.44. The number of rotatable bonds is 3. The molecule has 1 saturated carbocycles. The molecule has 0 unspecified atom stereocenters. The number of carbonyl (C=O) groups excluding carboxylic acids is 1. The van der Waals surface area contributed by atoms with Gasteiger partial charge in [-0.25, -0.2) is 0 Å². The Labute approximate surface area is 108 Å². The van der Waals surface area contributed by atoms with Crippen molar-refractivity contribution in [2.75, 3.05) is 5.32 Å². The Bertz CT molecular complexity index is 437. The van der Waals surface area contributed by atoms with Crippen molar-refractivity contribution in [1.29, 1.82) is 0 Å². The number of nitrogens with two attached hydrogens (primary N) is 2. The van der Waals surface area contributed by atoms with E-state index in [2.05, 4.69) is 5.32 Å². The van der Waals surface area contributed by atoms with Crippen molar-refractivity contribution in [3.05, 3.63) is 29.3 Å². The second-order valence-corrected chi connectivity index (χ2v) is 5.17. The van der Waals surface area contributed by atoms with Gasteiger partial charge in [0, 0.05) is 17.8 Å². The van der Waals surface area contributed by atoms with Gasteiger partial charge in [0.05, 0.1) is 5.56 Å². The summed E-state index contributed by atoms with van der Waals surface area (Å²) in [6, 6.07) is 6.39. The highest BCUT2D eigenvalue weighted by molar-refractivity contribution is 5.98. The van der Waals surface area contributed by atoms with Gasteiger partial charge in [-0.2, -0.15) is 0 Å². The third-order valence-corrected chi connectivity index (χ3v) is 3.57. The lowest BCUT2D eigenvalue weighted by Gasteiger charge is -2.28. The van der Waals surface area contributed by atoms with E-state index in [4.69, 9.17) is 11.5 Å². The van der Waals surface area contributed by atoms with Gasteiger partial charge in [-0.1, -0.05) is 6.07 Å². The highest BCUT2D eigenvalue weighted by Crippen LogP contribution is 2.24. The summed E-state index contributed by atoms with van der Waals surface area (Å²) in [5.41, 5.74) is 13.8. The molecule has 0 aliphatic heterocycles. The molecule has 0 heterocycles. The second kappa shape index (κ2) is 5.40. The maximum absolute atomic E-state index is 11.4. The number of anilines is 1. The van der Waals surface area contributed by atoms with Crippen molar-refractivity contribution in [2.24, 2.45) is 11.5 Å². The van der Waals surface area contributed by atoms with Crippen LogP contribution in [0.15, 0.2) is 18.2 Å². The van der Waals surface area contributed by atoms with Crippen molar-refractivity contribution in [3.8, 4) is 0 Å². The molecule has 1 aliphatic rings. The van der Waals surface area contributed by atoms with Crippen LogP contribution in [0.2, 0.25) is 0 Å². The fourth-order valence-electron chi connectivity index (χ4n) is 2.48. The molecule has 0 spiro atoms. The van der Waals surface area contributed by atoms with Gasteiger partial charge in [0.2, 0.25) is 0 Å². The van der Waals surface area contributed by atoms with Gasteiger partial charge in [0.15, 0.2) is 0 Å². The molecule has 0 atom stereocenters. The summed E-state index contributed by atoms with van der Waals surface area (Å²) in [7, 11) is 0. The second-order valence-electron chi connectivity index (χ2n) is 5.17. The van der Waals surface area contributed by atoms with E-state index in [0.29, 0.717) is 17.6 Å². The number of hydrogen-bond acceptors (Lipinski definition) is 3. The van der Waals surface area contributed by atoms with E-state index < -0.39 is 0 Å². The van der Waals surface area contributed by atoms with Crippen LogP contribution in [0.4, 0.5) is 5.69 Å². The molecule has 1 aliphatic carbocycles. The van der Waals surface area contributed by atoms with E-state index in [1.807, 2.05) is 19.1 Å². The number of primary amides is 1. The summed E-state index contributed by atoms with van der Waals surface area (Å²) in [5.74, 6) is -0.384. The predicted molar refractivity (Wildman–Crippen MR) is 73.6 cm³/mol. The molecule has 0 radical (unpaired) electrons. The molecule has 5 N–H and O–H groups in total. The van der Waals surface area contributed by atoms with Gasteiger partial charge in [-0.15, -0.1) is 0 Å². The highest BCUT2D eigenvalue weighted by atomic mass is 16.1. The van der Waals surface area contributed by atoms with Crippen LogP contribution < -0.4 is 16.8 Å². The molecule has 1 aromatic carbocycles. The molecule has 4 nitrogen and oxygen atoms in total. The first-order valence-electron chi connectivity index (χ1n) is 6.49. The van der Waals surface area contributed by atoms with E-state index in [0.717, 1.165) is 36.9 Å². The monoisotopic (exact) mass is 247 g/mol. The van der Waals surface area contributed by atoms with Crippen molar-refractivity contribution in [2.45, 2.75) is 44.7 Å². The van der Waals surface area contributed by atoms with Crippen molar-refractivity contribution < 1.29 is 4.79 Å². The molecule has 1 amide bonds. The third-order valence-electron chi connectivity index (χ3n) is 3.57. The zero-order chi connectivity index (χ0) is 13.1. The molecule has 98 valence electrons. The normalized spacial score (nSPS) is 23.7. The molecule has 0 saturated heterocycles. The minimum Gasteiger partial charge on any atom is -0.382 e. The Morgan fingerprint density at radius 2 is 1.94 bits per heavy atom. The molecule has 0 bridgehead atoms. The summed E-state index contributed by atoms with van der Waals surface area (Å²) >= 11 is 0. The zero-order valence-corrected chi connectivity index (χ0v) is 10.8. The largest absolute Gasteiger partial charge is 0.382 e. The topological polar surface area (TPSA) is 81.1 Å². The number of benzene rings is 1. The van der Waals surface area contributed by atoms with Gasteiger partial charge in [0.1, 0.15) is 0 Å². The van der Waals surface area contributed by atoms with Crippen LogP contribution in [0.25, 0.3) is 0 Å². The van der Waals surface area contributed by atoms with E-state index in [1.54, 1.807) is 6.07 Å². The van der Waals surface area contributed by atoms with Crippen LogP contribution in [0.1, 0.15) is 41.6 Å². The first-order valence-corrected chi connectivity index (χ1v) is 6.49. The van der Waals surface area contributed by atoms with E-state index >= 15 is 0 Å². The van der Waals surface area contributed by atoms with Gasteiger partial charge >= 0.3 is 0 Å². The minimum absolute atomic E-state index is 0.330. The summed E-state index contributed by atoms with van der Waals surface area (Å²) in [4.78, 5) is 11.4. The molecule has 4 heteroatoms. The molecule has 0 aromatic heterocycles. The van der Waals surface area contributed by atoms with Gasteiger partial charge < -0.3 is 16.8 Å². The summed E-state index contributed by atoms with van der Waals surface area (Å²) < 4.78 is 0. The quantitative estimate of drug-likeness (QED) is 0.761. The Morgan fingerprint density at radius 1 is 1.28 bits per heavy atom. The van der Waals surface area contributed by atoms with E-state index in [1.165, 1.54) is 0 Å². The maximum Gasteiger partial charge on any atom is 0.250 e. The lowest BCUT2D eigenvalue weighted by molar-refractivity contribution is 0.100. The minimum atomic E-state index is -0.384. The average Bonchev–Trinajstić information content (AvgIpc) is 2.32. The first-order chi connectivity index (χ1) is 8.56. The highest BCUT2D eigenvalue weighted by Gasteiger charge is 2.19. The van der Waals surface area contributed by atoms with Crippen LogP contribution in [-0.2, 0) is 0 Å². The number of nitrogens with one attached hydrogen (secondary N) is 1. The molecule has 18 heavy (non-hydrogen) atoms. The molecular weight excluding hydrogens is 226 g/mol. The standard InChI is InChI=1S/C14H21N3O/c1-9-2-7-12(14(16)18)13(8-9)17-11-5-3-10(15)4-6-11/h2,7-8,10-11,17H,3-6,15H2,1H3,(H2,16,18). The van der Waals surface area contributed by atoms with Crippen LogP contribution in [0.3, 0.4) is 0 Å². The summed E-state index contributed by atoms with van der Waals surface area (Å²) in [6.07, 6.45) is 4.17. The van der Waals surface area contributed by atoms with Gasteiger partial charge in [0.25, 0.3) is 5.91 Å². The van der Waals surface area contributed by atoms with Crippen LogP contribution >= 0.6 is 0 Å². The van der Waals surface area contributed by atoms with Gasteiger partial charge in [-0.05, 0) is 50.3 Å². The lowest BCUT2D eigenvalue weighted by atomic mass is 9.91. The molecule has 1 aromatic rings. The number of amides is 1. The zero-order valence-electron chi connectivity index (χ0n) is 10.8. The average molecular weight is 247 g/mol. The lowest BCUT2D eigenvalue weighted by Crippen LogP contribution is -2.33. The van der Waals surface area contributed by atoms with E-state index in [9.17, 15) is 4.79 Å². The van der Waals surface area contributed by atoms with Crippen molar-refractivity contribution >= 4 is 11.6 Å². The Morgan fingerprint density at radius 3 is 2.56 bits per heavy atom. The Balaban J connectivity index is 2.12. The van der Waals surface area contributed by atoms with Crippen molar-refractivity contribution in [3.63, 3.8) is 0 Å². The summed E-state index contributed by atoms with van der Waals surface area (Å²) in [6.45, 7) is 2.01. The Kier molecular flexibility index (Phi) is 3.87. The maximum atomic E-state index is 11.4. The fraction of sp³-hybridized carbons (Fsp3) is 0.500. The first kappa shape index (κ1) is 12.9. The third kappa shape index (κ3) is 3.01. The Hall–Kier alpha value is -1.55.